The van der Waals surface area contributed by atoms with Gasteiger partial charge in [-0.15, -0.1) is 23.1 Å². The van der Waals surface area contributed by atoms with E-state index in [4.69, 9.17) is 26.5 Å². The average Bonchev–Trinajstić information content (AvgIpc) is 3.87. The van der Waals surface area contributed by atoms with Gasteiger partial charge in [-0.25, -0.2) is 24.8 Å². The van der Waals surface area contributed by atoms with Crippen LogP contribution in [0.3, 0.4) is 0 Å². The van der Waals surface area contributed by atoms with Crippen LogP contribution in [0.5, 0.6) is 0 Å². The van der Waals surface area contributed by atoms with E-state index >= 15 is 0 Å². The van der Waals surface area contributed by atoms with Gasteiger partial charge in [0, 0.05) is 42.5 Å². The van der Waals surface area contributed by atoms with Gasteiger partial charge in [0.15, 0.2) is 23.2 Å². The Balaban J connectivity index is 0.979. The fraction of sp³-hybridized carbons (Fsp3) is 0.0600. The number of nitrogens with one attached hydrogen (secondary N) is 1. The van der Waals surface area contributed by atoms with Crippen molar-refractivity contribution < 1.29 is 0 Å². The molecule has 0 saturated heterocycles. The largest absolute Gasteiger partial charge is 0.358 e. The molecule has 2 unspecified atom stereocenters. The number of benzene rings is 6. The van der Waals surface area contributed by atoms with Crippen LogP contribution in [-0.4, -0.2) is 26.0 Å². The van der Waals surface area contributed by atoms with Crippen molar-refractivity contribution in [3.63, 3.8) is 0 Å². The first-order chi connectivity index (χ1) is 28.7. The number of rotatable bonds is 6. The normalized spacial score (nSPS) is 16.6. The van der Waals surface area contributed by atoms with Gasteiger partial charge in [0.1, 0.15) is 5.84 Å². The number of allylic oxidation sites excluding steroid dienone is 2. The fourth-order valence-electron chi connectivity index (χ4n) is 8.10. The van der Waals surface area contributed by atoms with Crippen molar-refractivity contribution in [2.45, 2.75) is 22.6 Å². The monoisotopic (exact) mass is 780 g/mol. The minimum absolute atomic E-state index is 0.0254. The molecule has 2 atom stereocenters. The number of fused-ring (bicyclic) bond motifs is 6. The molecule has 1 N–H and O–H groups in total. The van der Waals surface area contributed by atoms with Crippen LogP contribution in [0.25, 0.3) is 65.8 Å². The molecule has 0 bridgehead atoms. The summed E-state index contributed by atoms with van der Waals surface area (Å²) >= 11 is 3.74. The third kappa shape index (κ3) is 6.04. The second-order valence-corrected chi connectivity index (χ2v) is 16.8. The Hall–Kier alpha value is -6.92. The van der Waals surface area contributed by atoms with E-state index in [0.717, 1.165) is 45.8 Å². The summed E-state index contributed by atoms with van der Waals surface area (Å²) in [7, 11) is 0. The molecule has 2 aromatic heterocycles. The van der Waals surface area contributed by atoms with Crippen LogP contribution in [-0.2, 0) is 0 Å². The lowest BCUT2D eigenvalue weighted by atomic mass is 9.89. The number of nitrogens with zero attached hydrogens (tertiary/aromatic N) is 5. The minimum atomic E-state index is 0.0254. The summed E-state index contributed by atoms with van der Waals surface area (Å²) in [4.78, 5) is 26.7. The minimum Gasteiger partial charge on any atom is -0.358 e. The number of aromatic nitrogens is 3. The third-order valence-electron chi connectivity index (χ3n) is 11.0. The highest BCUT2D eigenvalue weighted by Crippen LogP contribution is 2.53. The molecule has 6 nitrogen and oxygen atoms in total. The maximum Gasteiger partial charge on any atom is 0.187 e. The van der Waals surface area contributed by atoms with Gasteiger partial charge in [-0.05, 0) is 46.4 Å². The molecule has 8 heteroatoms. The lowest BCUT2D eigenvalue weighted by molar-refractivity contribution is 0.760. The molecule has 6 aromatic carbocycles. The molecule has 3 aliphatic rings. The topological polar surface area (TPSA) is 67.4 Å². The molecule has 8 aromatic rings. The zero-order chi connectivity index (χ0) is 38.6. The molecule has 0 fully saturated rings. The van der Waals surface area contributed by atoms with E-state index in [1.165, 1.54) is 42.1 Å². The highest BCUT2D eigenvalue weighted by atomic mass is 32.2. The number of amidine groups is 1. The molecule has 0 amide bonds. The Morgan fingerprint density at radius 3 is 2.03 bits per heavy atom. The predicted octanol–water partition coefficient (Wildman–Crippen LogP) is 12.9. The first-order valence-corrected chi connectivity index (χ1v) is 20.9. The smallest absolute Gasteiger partial charge is 0.187 e. The average molecular weight is 781 g/mol. The molecular weight excluding hydrogens is 749 g/mol. The van der Waals surface area contributed by atoms with Crippen LogP contribution >= 0.6 is 23.1 Å². The molecule has 2 aliphatic heterocycles. The third-order valence-corrected chi connectivity index (χ3v) is 13.5. The van der Waals surface area contributed by atoms with Crippen LogP contribution in [0.15, 0.2) is 179 Å². The van der Waals surface area contributed by atoms with Crippen molar-refractivity contribution in [3.8, 4) is 45.3 Å². The number of aliphatic imine (C=N–C) groups is 1. The van der Waals surface area contributed by atoms with Crippen LogP contribution < -0.4 is 5.32 Å². The van der Waals surface area contributed by atoms with Crippen LogP contribution in [0.4, 0.5) is 11.4 Å². The van der Waals surface area contributed by atoms with Crippen LogP contribution in [0.2, 0.25) is 0 Å². The summed E-state index contributed by atoms with van der Waals surface area (Å²) in [5.41, 5.74) is 11.6. The summed E-state index contributed by atoms with van der Waals surface area (Å²) in [5.74, 6) is 2.84. The molecule has 1 aliphatic carbocycles. The highest BCUT2D eigenvalue weighted by Gasteiger charge is 2.36. The predicted molar refractivity (Wildman–Crippen MR) is 238 cm³/mol. The van der Waals surface area contributed by atoms with E-state index in [1.807, 2.05) is 77.7 Å². The van der Waals surface area contributed by atoms with E-state index in [0.29, 0.717) is 23.2 Å². The van der Waals surface area contributed by atoms with Crippen LogP contribution in [0, 0.1) is 6.57 Å². The summed E-state index contributed by atoms with van der Waals surface area (Å²) in [6, 6.07) is 51.9. The summed E-state index contributed by atoms with van der Waals surface area (Å²) in [5, 5.41) is 5.30. The van der Waals surface area contributed by atoms with Gasteiger partial charge in [0.2, 0.25) is 0 Å². The van der Waals surface area contributed by atoms with Gasteiger partial charge in [-0.1, -0.05) is 152 Å². The summed E-state index contributed by atoms with van der Waals surface area (Å²) in [6.07, 6.45) is 5.40. The molecule has 4 heterocycles. The number of hydrogen-bond acceptors (Lipinski definition) is 7. The number of thioether (sulfide) groups is 1. The molecule has 0 spiro atoms. The van der Waals surface area contributed by atoms with Crippen molar-refractivity contribution >= 4 is 56.0 Å². The Kier molecular flexibility index (Phi) is 8.42. The second-order valence-electron chi connectivity index (χ2n) is 14.5. The van der Waals surface area contributed by atoms with Gasteiger partial charge in [0.05, 0.1) is 23.2 Å². The van der Waals surface area contributed by atoms with Gasteiger partial charge < -0.3 is 5.32 Å². The molecule has 0 radical (unpaired) electrons. The van der Waals surface area contributed by atoms with E-state index in [-0.39, 0.29) is 11.3 Å². The Bertz CT molecular complexity index is 3030. The van der Waals surface area contributed by atoms with Crippen LogP contribution in [0.1, 0.15) is 28.5 Å². The maximum absolute atomic E-state index is 7.29. The van der Waals surface area contributed by atoms with Crippen molar-refractivity contribution in [3.05, 3.63) is 197 Å². The first-order valence-electron chi connectivity index (χ1n) is 19.2. The van der Waals surface area contributed by atoms with E-state index in [9.17, 15) is 0 Å². The van der Waals surface area contributed by atoms with E-state index in [1.54, 1.807) is 0 Å². The lowest BCUT2D eigenvalue weighted by Crippen LogP contribution is -2.33. The van der Waals surface area contributed by atoms with Gasteiger partial charge in [0.25, 0.3) is 0 Å². The maximum atomic E-state index is 7.29. The molecular formula is C50H32N6S2. The Morgan fingerprint density at radius 1 is 0.621 bits per heavy atom. The van der Waals surface area contributed by atoms with Crippen molar-refractivity contribution in [2.24, 2.45) is 4.99 Å². The molecule has 58 heavy (non-hydrogen) atoms. The second kappa shape index (κ2) is 14.2. The SMILES string of the molecule is [C-]#[N+]c1ccc(-c2ccc(-c3nc(-c4ccccc4)nc(-c4cccc5c4C4=CC=C(C6=Nc7c(sc8ccccc78)C(c7ccccc7)N6)CC4S5)n3)cc2)cc1. The molecule has 11 rings (SSSR count). The number of hydrogen-bond donors (Lipinski definition) is 1. The number of thiophene rings is 1. The Labute approximate surface area is 344 Å². The fourth-order valence-corrected chi connectivity index (χ4v) is 10.7. The van der Waals surface area contributed by atoms with Gasteiger partial charge in [-0.2, -0.15) is 0 Å². The molecule has 274 valence electrons. The lowest BCUT2D eigenvalue weighted by Gasteiger charge is -2.28. The van der Waals surface area contributed by atoms with Crippen molar-refractivity contribution in [1.29, 1.82) is 0 Å². The van der Waals surface area contributed by atoms with Crippen molar-refractivity contribution in [1.82, 2.24) is 20.3 Å². The zero-order valence-electron chi connectivity index (χ0n) is 31.0. The molecule has 0 saturated carbocycles. The summed E-state index contributed by atoms with van der Waals surface area (Å²) < 4.78 is 1.26. The zero-order valence-corrected chi connectivity index (χ0v) is 32.6. The van der Waals surface area contributed by atoms with Gasteiger partial charge >= 0.3 is 0 Å². The van der Waals surface area contributed by atoms with Crippen molar-refractivity contribution in [2.75, 3.05) is 0 Å². The van der Waals surface area contributed by atoms with E-state index < -0.39 is 0 Å². The first kappa shape index (κ1) is 34.3. The summed E-state index contributed by atoms with van der Waals surface area (Å²) in [6.45, 7) is 7.29. The van der Waals surface area contributed by atoms with Gasteiger partial charge in [-0.3, -0.25) is 0 Å². The quantitative estimate of drug-likeness (QED) is 0.170. The Morgan fingerprint density at radius 2 is 1.28 bits per heavy atom. The standard InChI is InChI=1S/C50H32N6S2/c1-51-36-26-23-31(24-27-36)30-19-21-34(22-20-30)48-54-47(33-13-6-3-7-14-33)55-50(56-48)39-16-10-18-41-43(39)37-28-25-35(29-42(37)57-41)49-52-44(32-11-4-2-5-12-32)46-45(53-49)38-15-8-9-17-40(38)58-46/h2-28,42,44H,29H2,(H,52,53). The highest BCUT2D eigenvalue weighted by molar-refractivity contribution is 8.00. The van der Waals surface area contributed by atoms with E-state index in [2.05, 4.69) is 119 Å².